The SMILES string of the molecule is CSc1ccc(C2=C3C=C(S)C=CC3N=CN2)o1. The minimum Gasteiger partial charge on any atom is -0.448 e. The number of hydrogen-bond donors (Lipinski definition) is 2. The molecule has 1 atom stereocenters. The van der Waals surface area contributed by atoms with E-state index in [1.807, 2.05) is 36.6 Å². The molecule has 0 bridgehead atoms. The van der Waals surface area contributed by atoms with Gasteiger partial charge in [0.25, 0.3) is 0 Å². The van der Waals surface area contributed by atoms with Crippen LogP contribution in [-0.4, -0.2) is 18.6 Å². The standard InChI is InChI=1S/C13H12N2OS2/c1-18-12-5-4-11(16-12)13-9-6-8(17)2-3-10(9)14-7-15-13/h2-7,10,17H,1H3,(H,14,15). The zero-order valence-electron chi connectivity index (χ0n) is 9.75. The second kappa shape index (κ2) is 4.74. The summed E-state index contributed by atoms with van der Waals surface area (Å²) in [4.78, 5) is 5.31. The summed E-state index contributed by atoms with van der Waals surface area (Å²) in [5.41, 5.74) is 2.05. The van der Waals surface area contributed by atoms with Crippen molar-refractivity contribution >= 4 is 36.4 Å². The van der Waals surface area contributed by atoms with E-state index in [4.69, 9.17) is 4.42 Å². The number of thioether (sulfide) groups is 1. The highest BCUT2D eigenvalue weighted by molar-refractivity contribution is 7.98. The Bertz CT molecular complexity index is 596. The van der Waals surface area contributed by atoms with Crippen LogP contribution in [0, 0.1) is 0 Å². The lowest BCUT2D eigenvalue weighted by Gasteiger charge is -2.22. The zero-order valence-corrected chi connectivity index (χ0v) is 11.5. The molecule has 1 unspecified atom stereocenters. The topological polar surface area (TPSA) is 37.5 Å². The number of nitrogens with zero attached hydrogens (tertiary/aromatic N) is 1. The fraction of sp³-hybridized carbons (Fsp3) is 0.154. The van der Waals surface area contributed by atoms with Gasteiger partial charge in [0.05, 0.1) is 18.1 Å². The Hall–Kier alpha value is -1.33. The normalized spacial score (nSPS) is 21.7. The van der Waals surface area contributed by atoms with Gasteiger partial charge < -0.3 is 9.73 Å². The molecule has 92 valence electrons. The van der Waals surface area contributed by atoms with Gasteiger partial charge in [-0.3, -0.25) is 4.99 Å². The van der Waals surface area contributed by atoms with Gasteiger partial charge in [0.15, 0.2) is 10.9 Å². The average molecular weight is 276 g/mol. The lowest BCUT2D eigenvalue weighted by atomic mass is 9.98. The fourth-order valence-corrected chi connectivity index (χ4v) is 2.58. The molecule has 1 N–H and O–H groups in total. The van der Waals surface area contributed by atoms with E-state index in [1.54, 1.807) is 18.1 Å². The summed E-state index contributed by atoms with van der Waals surface area (Å²) in [7, 11) is 0. The van der Waals surface area contributed by atoms with E-state index in [0.29, 0.717) is 0 Å². The largest absolute Gasteiger partial charge is 0.448 e. The Labute approximate surface area is 115 Å². The first-order valence-electron chi connectivity index (χ1n) is 5.53. The van der Waals surface area contributed by atoms with Gasteiger partial charge in [0, 0.05) is 10.5 Å². The van der Waals surface area contributed by atoms with Gasteiger partial charge in [0.1, 0.15) is 0 Å². The maximum atomic E-state index is 5.76. The summed E-state index contributed by atoms with van der Waals surface area (Å²) in [6.45, 7) is 0. The minimum absolute atomic E-state index is 0.0555. The van der Waals surface area contributed by atoms with Crippen LogP contribution in [0.3, 0.4) is 0 Å². The van der Waals surface area contributed by atoms with Crippen molar-refractivity contribution in [2.75, 3.05) is 6.26 Å². The van der Waals surface area contributed by atoms with E-state index >= 15 is 0 Å². The van der Waals surface area contributed by atoms with Crippen LogP contribution >= 0.6 is 24.4 Å². The molecule has 3 nitrogen and oxygen atoms in total. The Balaban J connectivity index is 2.06. The summed E-state index contributed by atoms with van der Waals surface area (Å²) in [6, 6.07) is 4.00. The van der Waals surface area contributed by atoms with E-state index in [-0.39, 0.29) is 6.04 Å². The van der Waals surface area contributed by atoms with Crippen LogP contribution in [0.1, 0.15) is 5.76 Å². The predicted octanol–water partition coefficient (Wildman–Crippen LogP) is 3.10. The van der Waals surface area contributed by atoms with Gasteiger partial charge >= 0.3 is 0 Å². The third kappa shape index (κ3) is 2.04. The van der Waals surface area contributed by atoms with E-state index in [2.05, 4.69) is 22.9 Å². The summed E-state index contributed by atoms with van der Waals surface area (Å²) >= 11 is 5.97. The molecule has 0 fully saturated rings. The Kier molecular flexibility index (Phi) is 3.09. The van der Waals surface area contributed by atoms with E-state index in [9.17, 15) is 0 Å². The lowest BCUT2D eigenvalue weighted by molar-refractivity contribution is 0.461. The molecule has 1 aromatic rings. The van der Waals surface area contributed by atoms with Crippen LogP contribution in [0.4, 0.5) is 0 Å². The minimum atomic E-state index is 0.0555. The van der Waals surface area contributed by atoms with Gasteiger partial charge in [-0.1, -0.05) is 23.9 Å². The van der Waals surface area contributed by atoms with Crippen molar-refractivity contribution in [1.29, 1.82) is 0 Å². The molecule has 3 rings (SSSR count). The molecule has 1 aromatic heterocycles. The number of hydrogen-bond acceptors (Lipinski definition) is 5. The molecule has 1 aliphatic carbocycles. The van der Waals surface area contributed by atoms with Gasteiger partial charge in [0.2, 0.25) is 0 Å². The molecule has 0 radical (unpaired) electrons. The predicted molar refractivity (Wildman–Crippen MR) is 79.0 cm³/mol. The van der Waals surface area contributed by atoms with Gasteiger partial charge in [-0.05, 0) is 24.5 Å². The zero-order chi connectivity index (χ0) is 12.5. The van der Waals surface area contributed by atoms with Crippen molar-refractivity contribution in [3.05, 3.63) is 46.6 Å². The quantitative estimate of drug-likeness (QED) is 0.644. The van der Waals surface area contributed by atoms with Gasteiger partial charge in [-0.2, -0.15) is 0 Å². The van der Waals surface area contributed by atoms with Crippen LogP contribution < -0.4 is 5.32 Å². The molecule has 18 heavy (non-hydrogen) atoms. The first-order valence-corrected chi connectivity index (χ1v) is 7.20. The number of aliphatic imine (C=N–C) groups is 1. The summed E-state index contributed by atoms with van der Waals surface area (Å²) < 4.78 is 5.76. The number of fused-ring (bicyclic) bond motifs is 1. The molecule has 0 saturated heterocycles. The van der Waals surface area contributed by atoms with Crippen LogP contribution in [0.25, 0.3) is 5.70 Å². The Morgan fingerprint density at radius 1 is 1.44 bits per heavy atom. The third-order valence-electron chi connectivity index (χ3n) is 2.83. The van der Waals surface area contributed by atoms with Gasteiger partial charge in [-0.15, -0.1) is 12.6 Å². The second-order valence-electron chi connectivity index (χ2n) is 3.95. The third-order valence-corrected chi connectivity index (χ3v) is 3.73. The second-order valence-corrected chi connectivity index (χ2v) is 5.28. The number of allylic oxidation sites excluding steroid dienone is 1. The molecule has 2 heterocycles. The Morgan fingerprint density at radius 2 is 2.33 bits per heavy atom. The summed E-state index contributed by atoms with van der Waals surface area (Å²) in [6.07, 6.45) is 9.73. The van der Waals surface area contributed by atoms with Crippen molar-refractivity contribution in [1.82, 2.24) is 5.32 Å². The van der Waals surface area contributed by atoms with Crippen LogP contribution in [-0.2, 0) is 0 Å². The van der Waals surface area contributed by atoms with E-state index < -0.39 is 0 Å². The van der Waals surface area contributed by atoms with Gasteiger partial charge in [-0.25, -0.2) is 0 Å². The van der Waals surface area contributed by atoms with Crippen LogP contribution in [0.15, 0.2) is 55.3 Å². The number of nitrogens with one attached hydrogen (secondary N) is 1. The highest BCUT2D eigenvalue weighted by Gasteiger charge is 2.22. The fourth-order valence-electron chi connectivity index (χ4n) is 1.98. The monoisotopic (exact) mass is 276 g/mol. The maximum Gasteiger partial charge on any atom is 0.160 e. The van der Waals surface area contributed by atoms with E-state index in [1.165, 1.54) is 0 Å². The smallest absolute Gasteiger partial charge is 0.160 e. The Morgan fingerprint density at radius 3 is 3.11 bits per heavy atom. The highest BCUT2D eigenvalue weighted by atomic mass is 32.2. The van der Waals surface area contributed by atoms with Crippen LogP contribution in [0.5, 0.6) is 0 Å². The molecule has 1 aliphatic heterocycles. The van der Waals surface area contributed by atoms with Crippen LogP contribution in [0.2, 0.25) is 0 Å². The lowest BCUT2D eigenvalue weighted by Crippen LogP contribution is -2.23. The molecular weight excluding hydrogens is 264 g/mol. The van der Waals surface area contributed by atoms with E-state index in [0.717, 1.165) is 27.0 Å². The number of thiol groups is 1. The summed E-state index contributed by atoms with van der Waals surface area (Å²) in [5.74, 6) is 0.832. The molecule has 5 heteroatoms. The first kappa shape index (κ1) is 11.7. The van der Waals surface area contributed by atoms with Crippen molar-refractivity contribution in [3.8, 4) is 0 Å². The van der Waals surface area contributed by atoms with Crippen molar-refractivity contribution in [2.24, 2.45) is 4.99 Å². The first-order chi connectivity index (χ1) is 8.78. The summed E-state index contributed by atoms with van der Waals surface area (Å²) in [5, 5.41) is 4.07. The van der Waals surface area contributed by atoms with Crippen molar-refractivity contribution in [2.45, 2.75) is 11.1 Å². The maximum absolute atomic E-state index is 5.76. The number of furan rings is 1. The van der Waals surface area contributed by atoms with Crippen molar-refractivity contribution < 1.29 is 4.42 Å². The highest BCUT2D eigenvalue weighted by Crippen LogP contribution is 2.31. The molecule has 0 saturated carbocycles. The average Bonchev–Trinajstić information content (AvgIpc) is 2.86. The molecule has 2 aliphatic rings. The molecule has 0 spiro atoms. The molecule has 0 amide bonds. The van der Waals surface area contributed by atoms with Crippen molar-refractivity contribution in [3.63, 3.8) is 0 Å². The molecular formula is C13H12N2OS2. The number of rotatable bonds is 2. The molecule has 0 aromatic carbocycles.